The zero-order chi connectivity index (χ0) is 27.8. The van der Waals surface area contributed by atoms with Crippen LogP contribution in [0.25, 0.3) is 0 Å². The molecule has 8 nitrogen and oxygen atoms in total. The largest absolute Gasteiger partial charge is 0.494 e. The highest BCUT2D eigenvalue weighted by atomic mass is 16.5. The molecular formula is C31H40N6O2. The summed E-state index contributed by atoms with van der Waals surface area (Å²) in [6.07, 6.45) is 9.95. The summed E-state index contributed by atoms with van der Waals surface area (Å²) in [6, 6.07) is 14.5. The Morgan fingerprint density at radius 3 is 2.56 bits per heavy atom. The molecule has 0 radical (unpaired) electrons. The summed E-state index contributed by atoms with van der Waals surface area (Å²) in [7, 11) is 1.68. The minimum Gasteiger partial charge on any atom is -0.494 e. The molecule has 0 atom stereocenters. The van der Waals surface area contributed by atoms with E-state index in [1.807, 2.05) is 43.3 Å². The fraction of sp³-hybridized carbons (Fsp3) is 0.355. The summed E-state index contributed by atoms with van der Waals surface area (Å²) in [5, 5.41) is 6.89. The van der Waals surface area contributed by atoms with Crippen LogP contribution in [-0.2, 0) is 11.2 Å². The molecule has 2 aromatic rings. The molecule has 39 heavy (non-hydrogen) atoms. The van der Waals surface area contributed by atoms with E-state index >= 15 is 0 Å². The fourth-order valence-electron chi connectivity index (χ4n) is 4.86. The van der Waals surface area contributed by atoms with E-state index in [1.54, 1.807) is 20.1 Å². The van der Waals surface area contributed by atoms with Gasteiger partial charge < -0.3 is 31.7 Å². The van der Waals surface area contributed by atoms with Gasteiger partial charge in [-0.2, -0.15) is 0 Å². The third kappa shape index (κ3) is 7.74. The zero-order valence-corrected chi connectivity index (χ0v) is 23.2. The van der Waals surface area contributed by atoms with Gasteiger partial charge >= 0.3 is 0 Å². The molecule has 1 saturated heterocycles. The summed E-state index contributed by atoms with van der Waals surface area (Å²) in [4.78, 5) is 18.8. The number of nitrogens with zero attached hydrogens (tertiary/aromatic N) is 2. The molecule has 0 saturated carbocycles. The number of methoxy groups -OCH3 is 1. The Bertz CT molecular complexity index is 1300. The summed E-state index contributed by atoms with van der Waals surface area (Å²) >= 11 is 0. The molecule has 0 unspecified atom stereocenters. The van der Waals surface area contributed by atoms with Crippen molar-refractivity contribution in [1.29, 1.82) is 0 Å². The fourth-order valence-corrected chi connectivity index (χ4v) is 4.86. The molecule has 206 valence electrons. The second-order valence-electron chi connectivity index (χ2n) is 10.2. The number of carbonyl (C=O) groups is 1. The Morgan fingerprint density at radius 1 is 1.08 bits per heavy atom. The van der Waals surface area contributed by atoms with Crippen molar-refractivity contribution in [3.05, 3.63) is 83.3 Å². The number of rotatable bonds is 8. The van der Waals surface area contributed by atoms with Crippen molar-refractivity contribution in [1.82, 2.24) is 0 Å². The summed E-state index contributed by atoms with van der Waals surface area (Å²) in [6.45, 7) is 5.41. The molecular weight excluding hydrogens is 488 g/mol. The molecule has 2 heterocycles. The molecule has 0 aromatic heterocycles. The number of hydrogen-bond acceptors (Lipinski definition) is 8. The number of hydrogen-bond donors (Lipinski definition) is 4. The Balaban J connectivity index is 1.57. The first kappa shape index (κ1) is 28.0. The van der Waals surface area contributed by atoms with Gasteiger partial charge in [0.05, 0.1) is 18.5 Å². The first-order valence-corrected chi connectivity index (χ1v) is 13.6. The number of nitrogens with two attached hydrogens (primary N) is 2. The number of aliphatic imine (C=N–C) groups is 1. The van der Waals surface area contributed by atoms with Gasteiger partial charge in [-0.05, 0) is 81.9 Å². The van der Waals surface area contributed by atoms with Gasteiger partial charge in [0.1, 0.15) is 11.6 Å². The number of ketones is 1. The highest BCUT2D eigenvalue weighted by molar-refractivity contribution is 6.08. The van der Waals surface area contributed by atoms with E-state index in [0.717, 1.165) is 72.7 Å². The van der Waals surface area contributed by atoms with Gasteiger partial charge in [-0.25, -0.2) is 4.99 Å². The van der Waals surface area contributed by atoms with E-state index < -0.39 is 0 Å². The number of piperidine rings is 1. The number of para-hydroxylation sites is 1. The summed E-state index contributed by atoms with van der Waals surface area (Å²) < 4.78 is 5.75. The van der Waals surface area contributed by atoms with E-state index in [1.165, 1.54) is 0 Å². The van der Waals surface area contributed by atoms with Gasteiger partial charge in [-0.1, -0.05) is 29.8 Å². The van der Waals surface area contributed by atoms with Crippen LogP contribution in [0, 0.1) is 0 Å². The number of amidine groups is 1. The van der Waals surface area contributed by atoms with Gasteiger partial charge in [-0.15, -0.1) is 0 Å². The number of benzene rings is 2. The number of ether oxygens (including phenoxy) is 1. The SMILES string of the molecule is COc1cc(N2CCC(N)CC2)ccc1NC1=CCC/C=C(\N)C(Nc2ccccc2C/C(C)=C\C(C)=O)=N1. The quantitative estimate of drug-likeness (QED) is 0.352. The van der Waals surface area contributed by atoms with E-state index in [4.69, 9.17) is 21.2 Å². The van der Waals surface area contributed by atoms with Crippen molar-refractivity contribution in [3.8, 4) is 5.75 Å². The van der Waals surface area contributed by atoms with Gasteiger partial charge in [0.25, 0.3) is 0 Å². The second-order valence-corrected chi connectivity index (χ2v) is 10.2. The van der Waals surface area contributed by atoms with Gasteiger partial charge in [0, 0.05) is 36.6 Å². The molecule has 2 aliphatic heterocycles. The minimum absolute atomic E-state index is 0.0407. The molecule has 0 bridgehead atoms. The molecule has 0 amide bonds. The predicted octanol–water partition coefficient (Wildman–Crippen LogP) is 5.10. The zero-order valence-electron chi connectivity index (χ0n) is 23.2. The highest BCUT2D eigenvalue weighted by Crippen LogP contribution is 2.32. The number of anilines is 3. The van der Waals surface area contributed by atoms with E-state index in [-0.39, 0.29) is 11.8 Å². The summed E-state index contributed by atoms with van der Waals surface area (Å²) in [5.41, 5.74) is 18.0. The maximum Gasteiger partial charge on any atom is 0.155 e. The minimum atomic E-state index is 0.0407. The lowest BCUT2D eigenvalue weighted by Gasteiger charge is -2.32. The van der Waals surface area contributed by atoms with Crippen LogP contribution in [0.15, 0.2) is 82.8 Å². The van der Waals surface area contributed by atoms with Crippen molar-refractivity contribution in [2.45, 2.75) is 52.0 Å². The van der Waals surface area contributed by atoms with Gasteiger partial charge in [0.15, 0.2) is 11.6 Å². The van der Waals surface area contributed by atoms with Crippen LogP contribution in [0.5, 0.6) is 5.75 Å². The Morgan fingerprint density at radius 2 is 1.82 bits per heavy atom. The van der Waals surface area contributed by atoms with Crippen molar-refractivity contribution in [2.24, 2.45) is 16.5 Å². The lowest BCUT2D eigenvalue weighted by Crippen LogP contribution is -2.39. The van der Waals surface area contributed by atoms with Crippen LogP contribution in [0.1, 0.15) is 45.1 Å². The number of carbonyl (C=O) groups excluding carboxylic acids is 1. The van der Waals surface area contributed by atoms with Crippen LogP contribution in [-0.4, -0.2) is 37.9 Å². The average molecular weight is 529 g/mol. The van der Waals surface area contributed by atoms with Gasteiger partial charge in [0.2, 0.25) is 0 Å². The standard InChI is InChI=1S/C31H40N6O2/c1-21(18-22(2)38)19-23-8-4-6-10-27(23)35-31-26(33)9-5-7-11-30(36-31)34-28-13-12-25(20-29(28)39-3)37-16-14-24(32)15-17-37/h4,6,8-13,18,20,24,34H,5,7,14-17,19,32-33H2,1-3H3,(H,35,36)/b21-18-,26-9-,30-11?. The first-order valence-electron chi connectivity index (χ1n) is 13.6. The Hall–Kier alpha value is -4.04. The molecule has 1 fully saturated rings. The molecule has 8 heteroatoms. The molecule has 0 aliphatic carbocycles. The number of allylic oxidation sites excluding steroid dienone is 4. The maximum atomic E-state index is 11.5. The van der Waals surface area contributed by atoms with Crippen molar-refractivity contribution >= 4 is 28.7 Å². The third-order valence-electron chi connectivity index (χ3n) is 6.92. The average Bonchev–Trinajstić information content (AvgIpc) is 2.90. The maximum absolute atomic E-state index is 11.5. The van der Waals surface area contributed by atoms with Crippen molar-refractivity contribution < 1.29 is 9.53 Å². The van der Waals surface area contributed by atoms with Crippen LogP contribution < -0.4 is 31.7 Å². The van der Waals surface area contributed by atoms with Crippen LogP contribution in [0.4, 0.5) is 17.1 Å². The normalized spacial score (nSPS) is 18.2. The molecule has 2 aromatic carbocycles. The first-order chi connectivity index (χ1) is 18.8. The van der Waals surface area contributed by atoms with E-state index in [9.17, 15) is 4.79 Å². The van der Waals surface area contributed by atoms with Gasteiger partial charge in [-0.3, -0.25) is 4.79 Å². The molecule has 6 N–H and O–H groups in total. The highest BCUT2D eigenvalue weighted by Gasteiger charge is 2.18. The lowest BCUT2D eigenvalue weighted by molar-refractivity contribution is -0.112. The predicted molar refractivity (Wildman–Crippen MR) is 161 cm³/mol. The Kier molecular flexibility index (Phi) is 9.44. The third-order valence-corrected chi connectivity index (χ3v) is 6.92. The van der Waals surface area contributed by atoms with Crippen LogP contribution in [0.3, 0.4) is 0 Å². The van der Waals surface area contributed by atoms with Crippen LogP contribution >= 0.6 is 0 Å². The second kappa shape index (κ2) is 13.2. The summed E-state index contributed by atoms with van der Waals surface area (Å²) in [5.74, 6) is 2.04. The van der Waals surface area contributed by atoms with E-state index in [2.05, 4.69) is 33.7 Å². The Labute approximate surface area is 231 Å². The van der Waals surface area contributed by atoms with Crippen LogP contribution in [0.2, 0.25) is 0 Å². The number of nitrogens with one attached hydrogen (secondary N) is 2. The van der Waals surface area contributed by atoms with E-state index in [0.29, 0.717) is 23.8 Å². The monoisotopic (exact) mass is 528 g/mol. The topological polar surface area (TPSA) is 118 Å². The lowest BCUT2D eigenvalue weighted by atomic mass is 10.0. The smallest absolute Gasteiger partial charge is 0.155 e. The van der Waals surface area contributed by atoms with Crippen molar-refractivity contribution in [3.63, 3.8) is 0 Å². The van der Waals surface area contributed by atoms with Crippen molar-refractivity contribution in [2.75, 3.05) is 35.7 Å². The molecule has 4 rings (SSSR count). The molecule has 0 spiro atoms. The molecule has 2 aliphatic rings.